The van der Waals surface area contributed by atoms with Crippen LogP contribution in [0.3, 0.4) is 0 Å². The second-order valence-electron chi connectivity index (χ2n) is 3.37. The summed E-state index contributed by atoms with van der Waals surface area (Å²) in [6.07, 6.45) is 1.74. The van der Waals surface area contributed by atoms with E-state index in [1.165, 1.54) is 5.92 Å². The molecule has 0 unspecified atom stereocenters. The summed E-state index contributed by atoms with van der Waals surface area (Å²) in [6.45, 7) is 16.7. The van der Waals surface area contributed by atoms with Crippen LogP contribution in [0.15, 0.2) is 12.3 Å². The maximum atomic E-state index is 7.75. The minimum absolute atomic E-state index is 0. The zero-order chi connectivity index (χ0) is 13.6. The molecule has 0 aliphatic rings. The second-order valence-corrected chi connectivity index (χ2v) is 3.37. The fourth-order valence-electron chi connectivity index (χ4n) is 0.607. The van der Waals surface area contributed by atoms with Crippen molar-refractivity contribution in [3.05, 3.63) is 29.4 Å². The van der Waals surface area contributed by atoms with Gasteiger partial charge in [0.15, 0.2) is 0 Å². The predicted octanol–water partition coefficient (Wildman–Crippen LogP) is 2.16. The Morgan fingerprint density at radius 2 is 1.41 bits per heavy atom. The van der Waals surface area contributed by atoms with Gasteiger partial charge in [0.25, 0.3) is 0 Å². The molecule has 4 nitrogen and oxygen atoms in total. The molecule has 0 N–H and O–H groups in total. The number of hydrogen-bond acceptors (Lipinski definition) is 4. The van der Waals surface area contributed by atoms with Crippen LogP contribution in [0.25, 0.3) is 0 Å². The van der Waals surface area contributed by atoms with E-state index in [2.05, 4.69) is 44.5 Å². The Labute approximate surface area is 117 Å². The Balaban J connectivity index is -0.0000000814. The third-order valence-corrected chi connectivity index (χ3v) is 0.913. The molecule has 0 spiro atoms. The van der Waals surface area contributed by atoms with Crippen molar-refractivity contribution >= 4 is 13.6 Å². The number of carbonyl (C=O) groups excluding carboxylic acids is 2. The molecule has 97 valence electrons. The van der Waals surface area contributed by atoms with Crippen LogP contribution in [0.4, 0.5) is 0 Å². The Morgan fingerprint density at radius 1 is 1.06 bits per heavy atom. The molecule has 0 saturated heterocycles. The molecule has 0 aromatic carbocycles. The van der Waals surface area contributed by atoms with Gasteiger partial charge in [0.05, 0.1) is 11.9 Å². The SMILES string of the molecule is C[C-](C)C.Cc1cnnc(C)c1.[CH-]=O.[CH-]=O.[Ru+3]. The first-order valence-corrected chi connectivity index (χ1v) is 4.52. The summed E-state index contributed by atoms with van der Waals surface area (Å²) in [5.74, 6) is 1.42. The summed E-state index contributed by atoms with van der Waals surface area (Å²) in [7, 11) is 0. The quantitative estimate of drug-likeness (QED) is 0.417. The van der Waals surface area contributed by atoms with Gasteiger partial charge in [-0.25, -0.2) is 0 Å². The van der Waals surface area contributed by atoms with Gasteiger partial charge in [-0.2, -0.15) is 31.0 Å². The van der Waals surface area contributed by atoms with Crippen molar-refractivity contribution in [1.29, 1.82) is 0 Å². The zero-order valence-electron chi connectivity index (χ0n) is 10.9. The van der Waals surface area contributed by atoms with E-state index >= 15 is 0 Å². The molecule has 5 heteroatoms. The minimum atomic E-state index is 0. The maximum absolute atomic E-state index is 7.75. The maximum Gasteiger partial charge on any atom is 3.00 e. The fraction of sp³-hybridized carbons (Fsp3) is 0.417. The number of rotatable bonds is 0. The molecule has 1 aromatic heterocycles. The van der Waals surface area contributed by atoms with E-state index in [0.717, 1.165) is 11.3 Å². The average molecular weight is 324 g/mol. The van der Waals surface area contributed by atoms with E-state index in [1.807, 2.05) is 19.9 Å². The van der Waals surface area contributed by atoms with Crippen LogP contribution in [0.1, 0.15) is 32.0 Å². The summed E-state index contributed by atoms with van der Waals surface area (Å²) in [5, 5.41) is 7.52. The van der Waals surface area contributed by atoms with Gasteiger partial charge in [0.1, 0.15) is 0 Å². The van der Waals surface area contributed by atoms with Crippen LogP contribution in [0, 0.1) is 19.8 Å². The molecule has 0 saturated carbocycles. The van der Waals surface area contributed by atoms with Crippen molar-refractivity contribution in [2.75, 3.05) is 0 Å². The summed E-state index contributed by atoms with van der Waals surface area (Å²) >= 11 is 0. The standard InChI is InChI=1S/C6H8N2.C4H9.2CHO.Ru/c1-5-3-6(2)8-7-4-5;1-4(2)3;2*1-2;/h3-4H,1-2H3;1-3H3;2*1H;/q;3*-1;+3. The van der Waals surface area contributed by atoms with Crippen molar-refractivity contribution in [3.63, 3.8) is 0 Å². The van der Waals surface area contributed by atoms with Gasteiger partial charge in [0, 0.05) is 0 Å². The van der Waals surface area contributed by atoms with Gasteiger partial charge >= 0.3 is 19.5 Å². The van der Waals surface area contributed by atoms with E-state index in [-0.39, 0.29) is 19.5 Å². The van der Waals surface area contributed by atoms with E-state index < -0.39 is 0 Å². The van der Waals surface area contributed by atoms with Crippen molar-refractivity contribution in [2.45, 2.75) is 34.6 Å². The molecule has 1 radical (unpaired) electrons. The third kappa shape index (κ3) is 31.3. The van der Waals surface area contributed by atoms with Gasteiger partial charge in [-0.05, 0) is 25.5 Å². The van der Waals surface area contributed by atoms with Gasteiger partial charge in [-0.3, -0.25) is 13.6 Å². The molecule has 0 atom stereocenters. The molecular weight excluding hydrogens is 305 g/mol. The summed E-state index contributed by atoms with van der Waals surface area (Å²) < 4.78 is 0. The largest absolute Gasteiger partial charge is 3.00 e. The second kappa shape index (κ2) is 20.5. The molecule has 1 heterocycles. The molecule has 17 heavy (non-hydrogen) atoms. The molecule has 0 amide bonds. The molecular formula is C12H19N2O2Ru. The summed E-state index contributed by atoms with van der Waals surface area (Å²) in [4.78, 5) is 15.5. The molecule has 1 rings (SSSR count). The predicted molar refractivity (Wildman–Crippen MR) is 65.3 cm³/mol. The third-order valence-electron chi connectivity index (χ3n) is 0.913. The molecule has 0 bridgehead atoms. The Hall–Kier alpha value is -0.957. The van der Waals surface area contributed by atoms with Crippen molar-refractivity contribution < 1.29 is 29.1 Å². The van der Waals surface area contributed by atoms with Gasteiger partial charge in [-0.1, -0.05) is 0 Å². The van der Waals surface area contributed by atoms with E-state index in [4.69, 9.17) is 9.59 Å². The van der Waals surface area contributed by atoms with Crippen molar-refractivity contribution in [2.24, 2.45) is 0 Å². The first kappa shape index (κ1) is 25.0. The summed E-state index contributed by atoms with van der Waals surface area (Å²) in [6, 6.07) is 1.99. The summed E-state index contributed by atoms with van der Waals surface area (Å²) in [5.41, 5.74) is 2.14. The van der Waals surface area contributed by atoms with Crippen LogP contribution in [-0.4, -0.2) is 23.8 Å². The monoisotopic (exact) mass is 325 g/mol. The van der Waals surface area contributed by atoms with Crippen molar-refractivity contribution in [1.82, 2.24) is 10.2 Å². The van der Waals surface area contributed by atoms with E-state index in [9.17, 15) is 0 Å². The first-order chi connectivity index (χ1) is 7.52. The Kier molecular flexibility index (Phi) is 30.1. The number of aryl methyl sites for hydroxylation is 2. The average Bonchev–Trinajstić information content (AvgIpc) is 2.22. The van der Waals surface area contributed by atoms with Crippen LogP contribution >= 0.6 is 0 Å². The normalized spacial score (nSPS) is 6.94. The van der Waals surface area contributed by atoms with Crippen molar-refractivity contribution in [3.8, 4) is 0 Å². The zero-order valence-corrected chi connectivity index (χ0v) is 12.6. The minimum Gasteiger partial charge on any atom is -0.545 e. The van der Waals surface area contributed by atoms with Gasteiger partial charge < -0.3 is 15.5 Å². The van der Waals surface area contributed by atoms with Gasteiger partial charge in [0.2, 0.25) is 0 Å². The topological polar surface area (TPSA) is 59.9 Å². The van der Waals surface area contributed by atoms with Crippen LogP contribution in [0.2, 0.25) is 0 Å². The molecule has 1 aromatic rings. The van der Waals surface area contributed by atoms with Crippen LogP contribution in [-0.2, 0) is 29.1 Å². The molecule has 0 aliphatic carbocycles. The number of aromatic nitrogens is 2. The fourth-order valence-corrected chi connectivity index (χ4v) is 0.607. The first-order valence-electron chi connectivity index (χ1n) is 4.52. The van der Waals surface area contributed by atoms with Crippen LogP contribution < -0.4 is 0 Å². The van der Waals surface area contributed by atoms with E-state index in [1.54, 1.807) is 6.20 Å². The Morgan fingerprint density at radius 3 is 1.59 bits per heavy atom. The van der Waals surface area contributed by atoms with E-state index in [0.29, 0.717) is 0 Å². The number of nitrogens with zero attached hydrogens (tertiary/aromatic N) is 2. The molecule has 0 fully saturated rings. The van der Waals surface area contributed by atoms with Crippen LogP contribution in [0.5, 0.6) is 0 Å². The molecule has 0 aliphatic heterocycles. The number of hydrogen-bond donors (Lipinski definition) is 0. The van der Waals surface area contributed by atoms with Gasteiger partial charge in [-0.15, -0.1) is 0 Å². The smallest absolute Gasteiger partial charge is 0.545 e. The Bertz CT molecular complexity index is 236.